The standard InChI is InChI=1S/C21H15N5O4/c1-2-19(28)23-14-4-3-5-15(11-14)26-17-7-6-13(12-27)10-16(17)24-21(26)25-20(29)18-8-9-22-30-18/h2-12H,1H2,(H,23,28)(H,24,25,29). The smallest absolute Gasteiger partial charge is 0.296 e. The van der Waals surface area contributed by atoms with Crippen molar-refractivity contribution < 1.29 is 18.9 Å². The van der Waals surface area contributed by atoms with Crippen LogP contribution in [-0.4, -0.2) is 32.8 Å². The fourth-order valence-corrected chi connectivity index (χ4v) is 2.93. The fourth-order valence-electron chi connectivity index (χ4n) is 2.93. The van der Waals surface area contributed by atoms with Gasteiger partial charge in [-0.25, -0.2) is 4.98 Å². The first-order valence-corrected chi connectivity index (χ1v) is 8.82. The van der Waals surface area contributed by atoms with Crippen LogP contribution in [0.25, 0.3) is 16.7 Å². The molecule has 0 saturated heterocycles. The highest BCUT2D eigenvalue weighted by Crippen LogP contribution is 2.27. The van der Waals surface area contributed by atoms with Gasteiger partial charge in [0.1, 0.15) is 6.29 Å². The molecular formula is C21H15N5O4. The lowest BCUT2D eigenvalue weighted by molar-refractivity contribution is -0.111. The number of amides is 2. The Morgan fingerprint density at radius 1 is 1.10 bits per heavy atom. The van der Waals surface area contributed by atoms with Crippen molar-refractivity contribution in [2.24, 2.45) is 0 Å². The first-order chi connectivity index (χ1) is 14.6. The normalized spacial score (nSPS) is 10.5. The van der Waals surface area contributed by atoms with Crippen LogP contribution in [0.3, 0.4) is 0 Å². The maximum absolute atomic E-state index is 12.5. The van der Waals surface area contributed by atoms with Crippen LogP contribution >= 0.6 is 0 Å². The van der Waals surface area contributed by atoms with Gasteiger partial charge in [-0.05, 0) is 42.5 Å². The second kappa shape index (κ2) is 7.84. The van der Waals surface area contributed by atoms with E-state index in [1.54, 1.807) is 47.0 Å². The van der Waals surface area contributed by atoms with Gasteiger partial charge in [-0.15, -0.1) is 0 Å². The second-order valence-electron chi connectivity index (χ2n) is 6.21. The third-order valence-electron chi connectivity index (χ3n) is 4.26. The Hall–Kier alpha value is -4.53. The van der Waals surface area contributed by atoms with Gasteiger partial charge in [0.25, 0.3) is 5.91 Å². The molecule has 2 aromatic heterocycles. The van der Waals surface area contributed by atoms with Gasteiger partial charge in [0.2, 0.25) is 17.6 Å². The van der Waals surface area contributed by atoms with Crippen molar-refractivity contribution in [1.82, 2.24) is 14.7 Å². The van der Waals surface area contributed by atoms with E-state index in [2.05, 4.69) is 27.4 Å². The summed E-state index contributed by atoms with van der Waals surface area (Å²) in [6.45, 7) is 3.44. The number of anilines is 2. The van der Waals surface area contributed by atoms with Crippen LogP contribution in [0.2, 0.25) is 0 Å². The summed E-state index contributed by atoms with van der Waals surface area (Å²) in [5.74, 6) is -0.649. The number of hydrogen-bond acceptors (Lipinski definition) is 6. The van der Waals surface area contributed by atoms with Gasteiger partial charge in [0.15, 0.2) is 0 Å². The molecule has 0 fully saturated rings. The lowest BCUT2D eigenvalue weighted by Crippen LogP contribution is -2.15. The summed E-state index contributed by atoms with van der Waals surface area (Å²) in [7, 11) is 0. The predicted molar refractivity (Wildman–Crippen MR) is 110 cm³/mol. The average molecular weight is 401 g/mol. The summed E-state index contributed by atoms with van der Waals surface area (Å²) in [5.41, 5.74) is 2.78. The molecule has 9 heteroatoms. The Morgan fingerprint density at radius 3 is 2.70 bits per heavy atom. The van der Waals surface area contributed by atoms with Crippen LogP contribution in [-0.2, 0) is 4.79 Å². The van der Waals surface area contributed by atoms with Crippen LogP contribution in [0.15, 0.2) is 71.9 Å². The zero-order valence-electron chi connectivity index (χ0n) is 15.5. The SMILES string of the molecule is C=CC(=O)Nc1cccc(-n2c(NC(=O)c3ccno3)nc3cc(C=O)ccc32)c1. The van der Waals surface area contributed by atoms with Crippen molar-refractivity contribution in [2.75, 3.05) is 10.6 Å². The number of rotatable bonds is 6. The Bertz CT molecular complexity index is 1270. The molecule has 0 saturated carbocycles. The number of aromatic nitrogens is 3. The topological polar surface area (TPSA) is 119 Å². The summed E-state index contributed by atoms with van der Waals surface area (Å²) in [6.07, 6.45) is 3.25. The van der Waals surface area contributed by atoms with Gasteiger partial charge < -0.3 is 9.84 Å². The van der Waals surface area contributed by atoms with Gasteiger partial charge in [-0.1, -0.05) is 17.8 Å². The highest BCUT2D eigenvalue weighted by Gasteiger charge is 2.18. The number of carbonyl (C=O) groups excluding carboxylic acids is 3. The molecule has 148 valence electrons. The number of nitrogens with one attached hydrogen (secondary N) is 2. The molecule has 9 nitrogen and oxygen atoms in total. The molecule has 0 spiro atoms. The molecule has 0 atom stereocenters. The summed E-state index contributed by atoms with van der Waals surface area (Å²) < 4.78 is 6.59. The molecule has 0 radical (unpaired) electrons. The predicted octanol–water partition coefficient (Wildman–Crippen LogP) is 3.20. The summed E-state index contributed by atoms with van der Waals surface area (Å²) >= 11 is 0. The molecule has 0 aliphatic rings. The number of aldehydes is 1. The van der Waals surface area contributed by atoms with E-state index in [9.17, 15) is 14.4 Å². The van der Waals surface area contributed by atoms with Crippen LogP contribution in [0, 0.1) is 0 Å². The van der Waals surface area contributed by atoms with E-state index in [0.29, 0.717) is 28.0 Å². The van der Waals surface area contributed by atoms with Gasteiger partial charge in [-0.2, -0.15) is 0 Å². The molecule has 4 rings (SSSR count). The molecule has 2 amide bonds. The molecule has 0 bridgehead atoms. The average Bonchev–Trinajstić information content (AvgIpc) is 3.41. The number of nitrogens with zero attached hydrogens (tertiary/aromatic N) is 3. The lowest BCUT2D eigenvalue weighted by atomic mass is 10.2. The highest BCUT2D eigenvalue weighted by molar-refractivity contribution is 6.02. The van der Waals surface area contributed by atoms with E-state index in [4.69, 9.17) is 4.52 Å². The molecule has 2 aromatic carbocycles. The first-order valence-electron chi connectivity index (χ1n) is 8.82. The highest BCUT2D eigenvalue weighted by atomic mass is 16.5. The summed E-state index contributed by atoms with van der Waals surface area (Å²) in [6, 6.07) is 13.4. The summed E-state index contributed by atoms with van der Waals surface area (Å²) in [4.78, 5) is 39.7. The molecule has 0 aliphatic heterocycles. The van der Waals surface area contributed by atoms with E-state index in [1.165, 1.54) is 18.3 Å². The van der Waals surface area contributed by atoms with E-state index >= 15 is 0 Å². The largest absolute Gasteiger partial charge is 0.351 e. The maximum atomic E-state index is 12.5. The molecular weight excluding hydrogens is 386 g/mol. The number of fused-ring (bicyclic) bond motifs is 1. The Labute approximate surface area is 170 Å². The third kappa shape index (κ3) is 3.59. The van der Waals surface area contributed by atoms with Crippen molar-refractivity contribution in [2.45, 2.75) is 0 Å². The van der Waals surface area contributed by atoms with Gasteiger partial charge in [-0.3, -0.25) is 24.3 Å². The minimum absolute atomic E-state index is 0.0224. The quantitative estimate of drug-likeness (QED) is 0.378. The van der Waals surface area contributed by atoms with Crippen molar-refractivity contribution in [3.63, 3.8) is 0 Å². The Morgan fingerprint density at radius 2 is 1.97 bits per heavy atom. The van der Waals surface area contributed by atoms with Gasteiger partial charge >= 0.3 is 0 Å². The lowest BCUT2D eigenvalue weighted by Gasteiger charge is -2.11. The Kier molecular flexibility index (Phi) is 4.92. The van der Waals surface area contributed by atoms with E-state index in [0.717, 1.165) is 6.29 Å². The number of benzene rings is 2. The van der Waals surface area contributed by atoms with Crippen molar-refractivity contribution >= 4 is 40.8 Å². The van der Waals surface area contributed by atoms with Gasteiger partial charge in [0.05, 0.1) is 22.9 Å². The molecule has 0 aliphatic carbocycles. The second-order valence-corrected chi connectivity index (χ2v) is 6.21. The molecule has 2 heterocycles. The van der Waals surface area contributed by atoms with Crippen molar-refractivity contribution in [1.29, 1.82) is 0 Å². The number of carbonyl (C=O) groups is 3. The fraction of sp³-hybridized carbons (Fsp3) is 0. The molecule has 30 heavy (non-hydrogen) atoms. The zero-order chi connectivity index (χ0) is 21.1. The third-order valence-corrected chi connectivity index (χ3v) is 4.26. The van der Waals surface area contributed by atoms with Crippen LogP contribution in [0.5, 0.6) is 0 Å². The van der Waals surface area contributed by atoms with Crippen LogP contribution in [0.4, 0.5) is 11.6 Å². The van der Waals surface area contributed by atoms with Crippen molar-refractivity contribution in [3.05, 3.63) is 78.7 Å². The summed E-state index contributed by atoms with van der Waals surface area (Å²) in [5, 5.41) is 8.92. The minimum atomic E-state index is -0.532. The first kappa shape index (κ1) is 18.8. The zero-order valence-corrected chi connectivity index (χ0v) is 15.5. The maximum Gasteiger partial charge on any atom is 0.296 e. The Balaban J connectivity index is 1.83. The number of hydrogen-bond donors (Lipinski definition) is 2. The molecule has 2 N–H and O–H groups in total. The molecule has 0 unspecified atom stereocenters. The van der Waals surface area contributed by atoms with Crippen molar-refractivity contribution in [3.8, 4) is 5.69 Å². The van der Waals surface area contributed by atoms with Gasteiger partial charge in [0, 0.05) is 17.3 Å². The number of imidazole rings is 1. The van der Waals surface area contributed by atoms with Crippen LogP contribution < -0.4 is 10.6 Å². The minimum Gasteiger partial charge on any atom is -0.351 e. The monoisotopic (exact) mass is 401 g/mol. The van der Waals surface area contributed by atoms with Crippen LogP contribution in [0.1, 0.15) is 20.9 Å². The van der Waals surface area contributed by atoms with E-state index in [1.807, 2.05) is 0 Å². The molecule has 4 aromatic rings. The van der Waals surface area contributed by atoms with E-state index in [-0.39, 0.29) is 17.6 Å². The van der Waals surface area contributed by atoms with E-state index < -0.39 is 5.91 Å².